The molecule has 0 saturated carbocycles. The van der Waals surface area contributed by atoms with Crippen LogP contribution in [0.1, 0.15) is 0 Å². The third-order valence-corrected chi connectivity index (χ3v) is 4.68. The highest BCUT2D eigenvalue weighted by Gasteiger charge is 2.35. The summed E-state index contributed by atoms with van der Waals surface area (Å²) in [4.78, 5) is 9.19. The van der Waals surface area contributed by atoms with Crippen molar-refractivity contribution in [1.29, 1.82) is 0 Å². The number of benzene rings is 2. The Bertz CT molecular complexity index is 994. The molecule has 0 fully saturated rings. The van der Waals surface area contributed by atoms with Crippen LogP contribution in [0.5, 0.6) is 17.2 Å². The fourth-order valence-electron chi connectivity index (χ4n) is 2.13. The van der Waals surface area contributed by atoms with Crippen molar-refractivity contribution < 1.29 is 40.7 Å². The van der Waals surface area contributed by atoms with E-state index in [1.165, 1.54) is 32.4 Å². The molecule has 0 amide bonds. The predicted molar refractivity (Wildman–Crippen MR) is 90.1 cm³/mol. The zero-order chi connectivity index (χ0) is 21.1. The lowest BCUT2D eigenvalue weighted by Gasteiger charge is -2.13. The van der Waals surface area contributed by atoms with E-state index < -0.39 is 37.6 Å². The van der Waals surface area contributed by atoms with Crippen molar-refractivity contribution in [2.45, 2.75) is 11.3 Å². The lowest BCUT2D eigenvalue weighted by molar-refractivity contribution is -0.388. The normalized spacial score (nSPS) is 11.6. The number of rotatable bonds is 7. The minimum Gasteiger partial charge on any atom is -0.493 e. The van der Waals surface area contributed by atoms with Crippen molar-refractivity contribution >= 4 is 21.4 Å². The molecule has 13 heteroatoms. The number of nitrogens with zero attached hydrogens (tertiary/aromatic N) is 1. The molecule has 0 aliphatic carbocycles. The molecular formula is C15H13F3N2O7S. The maximum atomic E-state index is 12.5. The van der Waals surface area contributed by atoms with Gasteiger partial charge in [-0.25, -0.2) is 8.42 Å². The van der Waals surface area contributed by atoms with E-state index in [0.29, 0.717) is 17.9 Å². The maximum Gasteiger partial charge on any atom is 0.573 e. The fraction of sp³-hybridized carbons (Fsp3) is 0.200. The van der Waals surface area contributed by atoms with Gasteiger partial charge >= 0.3 is 12.0 Å². The minimum absolute atomic E-state index is 0.0379. The van der Waals surface area contributed by atoms with Crippen molar-refractivity contribution in [2.24, 2.45) is 0 Å². The van der Waals surface area contributed by atoms with Crippen LogP contribution >= 0.6 is 0 Å². The Hall–Kier alpha value is -3.22. The molecule has 0 aliphatic rings. The van der Waals surface area contributed by atoms with Crippen LogP contribution in [0, 0.1) is 10.1 Å². The van der Waals surface area contributed by atoms with Crippen LogP contribution in [0.3, 0.4) is 0 Å². The fourth-order valence-corrected chi connectivity index (χ4v) is 3.20. The quantitative estimate of drug-likeness (QED) is 0.537. The Morgan fingerprint density at radius 1 is 1.00 bits per heavy atom. The molecular weight excluding hydrogens is 409 g/mol. The molecule has 0 heterocycles. The molecule has 152 valence electrons. The monoisotopic (exact) mass is 422 g/mol. The van der Waals surface area contributed by atoms with Crippen molar-refractivity contribution in [3.63, 3.8) is 0 Å². The van der Waals surface area contributed by atoms with E-state index in [0.717, 1.165) is 6.07 Å². The molecule has 9 nitrogen and oxygen atoms in total. The van der Waals surface area contributed by atoms with Gasteiger partial charge < -0.3 is 14.2 Å². The summed E-state index contributed by atoms with van der Waals surface area (Å²) >= 11 is 0. The molecule has 2 aromatic rings. The van der Waals surface area contributed by atoms with Gasteiger partial charge in [-0.3, -0.25) is 14.8 Å². The third-order valence-electron chi connectivity index (χ3n) is 3.30. The third kappa shape index (κ3) is 4.94. The highest BCUT2D eigenvalue weighted by atomic mass is 32.2. The Morgan fingerprint density at radius 3 is 2.14 bits per heavy atom. The van der Waals surface area contributed by atoms with Gasteiger partial charge in [-0.2, -0.15) is 0 Å². The Labute approximate surface area is 156 Å². The molecule has 0 radical (unpaired) electrons. The van der Waals surface area contributed by atoms with E-state index in [-0.39, 0.29) is 11.4 Å². The lowest BCUT2D eigenvalue weighted by Crippen LogP contribution is -2.18. The molecule has 0 aliphatic heterocycles. The molecule has 0 unspecified atom stereocenters. The summed E-state index contributed by atoms with van der Waals surface area (Å²) in [5, 5.41) is 11.0. The second-order valence-corrected chi connectivity index (χ2v) is 6.79. The summed E-state index contributed by atoms with van der Waals surface area (Å²) in [5.41, 5.74) is -1.12. The van der Waals surface area contributed by atoms with Crippen molar-refractivity contribution in [2.75, 3.05) is 18.9 Å². The largest absolute Gasteiger partial charge is 0.573 e. The first-order chi connectivity index (χ1) is 13.0. The predicted octanol–water partition coefficient (Wildman–Crippen LogP) is 3.31. The Kier molecular flexibility index (Phi) is 5.87. The van der Waals surface area contributed by atoms with Crippen LogP contribution in [0.15, 0.2) is 41.3 Å². The highest BCUT2D eigenvalue weighted by molar-refractivity contribution is 7.92. The van der Waals surface area contributed by atoms with Crippen molar-refractivity contribution in [1.82, 2.24) is 0 Å². The van der Waals surface area contributed by atoms with Gasteiger partial charge in [0.2, 0.25) is 5.75 Å². The highest BCUT2D eigenvalue weighted by Crippen LogP contribution is 2.35. The summed E-state index contributed by atoms with van der Waals surface area (Å²) in [6.45, 7) is 0. The van der Waals surface area contributed by atoms with Gasteiger partial charge in [-0.05, 0) is 24.3 Å². The maximum absolute atomic E-state index is 12.5. The number of methoxy groups -OCH3 is 2. The zero-order valence-electron chi connectivity index (χ0n) is 14.3. The van der Waals surface area contributed by atoms with Crippen LogP contribution in [0.2, 0.25) is 0 Å². The standard InChI is InChI=1S/C15H13F3N2O7S/c1-25-13-5-3-9(7-14(13)26-2)19-28(23,24)10-4-6-12(27-15(16,17)18)11(8-10)20(21)22/h3-8,19H,1-2H3. The summed E-state index contributed by atoms with van der Waals surface area (Å²) < 4.78 is 77.7. The van der Waals surface area contributed by atoms with Crippen LogP contribution in [0.4, 0.5) is 24.5 Å². The Balaban J connectivity index is 2.40. The first kappa shape index (κ1) is 21.1. The van der Waals surface area contributed by atoms with Gasteiger partial charge in [0.05, 0.1) is 29.7 Å². The van der Waals surface area contributed by atoms with Gasteiger partial charge in [0.15, 0.2) is 11.5 Å². The number of sulfonamides is 1. The van der Waals surface area contributed by atoms with Crippen LogP contribution < -0.4 is 18.9 Å². The molecule has 0 atom stereocenters. The second kappa shape index (κ2) is 7.80. The first-order valence-corrected chi connectivity index (χ1v) is 8.74. The number of hydrogen-bond donors (Lipinski definition) is 1. The number of nitrogens with one attached hydrogen (secondary N) is 1. The molecule has 1 N–H and O–H groups in total. The number of hydrogen-bond acceptors (Lipinski definition) is 7. The SMILES string of the molecule is COc1ccc(NS(=O)(=O)c2ccc(OC(F)(F)F)c([N+](=O)[O-])c2)cc1OC. The topological polar surface area (TPSA) is 117 Å². The zero-order valence-corrected chi connectivity index (χ0v) is 15.1. The average molecular weight is 422 g/mol. The van der Waals surface area contributed by atoms with Gasteiger partial charge in [0.1, 0.15) is 0 Å². The summed E-state index contributed by atoms with van der Waals surface area (Å²) in [6.07, 6.45) is -5.18. The van der Waals surface area contributed by atoms with Gasteiger partial charge in [-0.15, -0.1) is 13.2 Å². The molecule has 2 rings (SSSR count). The van der Waals surface area contributed by atoms with E-state index in [1.54, 1.807) is 0 Å². The van der Waals surface area contributed by atoms with E-state index in [1.807, 2.05) is 0 Å². The molecule has 0 spiro atoms. The molecule has 28 heavy (non-hydrogen) atoms. The molecule has 0 aromatic heterocycles. The van der Waals surface area contributed by atoms with Crippen LogP contribution in [-0.2, 0) is 10.0 Å². The molecule has 2 aromatic carbocycles. The van der Waals surface area contributed by atoms with Crippen molar-refractivity contribution in [3.05, 3.63) is 46.5 Å². The van der Waals surface area contributed by atoms with E-state index >= 15 is 0 Å². The number of nitro benzene ring substituents is 1. The Morgan fingerprint density at radius 2 is 1.61 bits per heavy atom. The number of halogens is 3. The number of ether oxygens (including phenoxy) is 3. The number of nitro groups is 1. The van der Waals surface area contributed by atoms with Crippen LogP contribution in [0.25, 0.3) is 0 Å². The van der Waals surface area contributed by atoms with E-state index in [9.17, 15) is 31.7 Å². The summed E-state index contributed by atoms with van der Waals surface area (Å²) in [5.74, 6) is -0.597. The lowest BCUT2D eigenvalue weighted by atomic mass is 10.3. The summed E-state index contributed by atoms with van der Waals surface area (Å²) in [6, 6.07) is 5.82. The van der Waals surface area contributed by atoms with Crippen molar-refractivity contribution in [3.8, 4) is 17.2 Å². The molecule has 0 bridgehead atoms. The van der Waals surface area contributed by atoms with Crippen LogP contribution in [-0.4, -0.2) is 33.9 Å². The smallest absolute Gasteiger partial charge is 0.493 e. The average Bonchev–Trinajstić information content (AvgIpc) is 2.59. The molecule has 0 saturated heterocycles. The van der Waals surface area contributed by atoms with Gasteiger partial charge in [-0.1, -0.05) is 0 Å². The number of anilines is 1. The van der Waals surface area contributed by atoms with E-state index in [2.05, 4.69) is 9.46 Å². The van der Waals surface area contributed by atoms with Gasteiger partial charge in [0, 0.05) is 12.1 Å². The van der Waals surface area contributed by atoms with E-state index in [4.69, 9.17) is 9.47 Å². The van der Waals surface area contributed by atoms with Gasteiger partial charge in [0.25, 0.3) is 10.0 Å². The number of alkyl halides is 3. The summed E-state index contributed by atoms with van der Waals surface area (Å²) in [7, 11) is -1.65. The minimum atomic E-state index is -5.18. The second-order valence-electron chi connectivity index (χ2n) is 5.11. The first-order valence-electron chi connectivity index (χ1n) is 7.26.